The Morgan fingerprint density at radius 3 is 2.35 bits per heavy atom. The second-order valence-electron chi connectivity index (χ2n) is 8.99. The second kappa shape index (κ2) is 10.7. The van der Waals surface area contributed by atoms with Gasteiger partial charge in [0.25, 0.3) is 10.0 Å². The van der Waals surface area contributed by atoms with Crippen molar-refractivity contribution in [3.8, 4) is 5.75 Å². The number of pyridine rings is 3. The third-order valence-corrected chi connectivity index (χ3v) is 8.02. The zero-order chi connectivity index (χ0) is 28.5. The van der Waals surface area contributed by atoms with Crippen LogP contribution >= 0.6 is 0 Å². The number of hydrogen-bond acceptors (Lipinski definition) is 6. The molecule has 0 spiro atoms. The summed E-state index contributed by atoms with van der Waals surface area (Å²) in [5.41, 5.74) is 0.918. The first kappa shape index (κ1) is 27.3. The third kappa shape index (κ3) is 5.53. The van der Waals surface area contributed by atoms with Crippen molar-refractivity contribution in [3.05, 3.63) is 113 Å². The normalized spacial score (nSPS) is 12.1. The summed E-state index contributed by atoms with van der Waals surface area (Å²) in [6.07, 6.45) is 0.113. The van der Waals surface area contributed by atoms with Crippen molar-refractivity contribution >= 4 is 21.1 Å². The molecule has 206 valence electrons. The number of benzene rings is 1. The fraction of sp³-hybridized carbons (Fsp3) is 0.179. The monoisotopic (exact) mass is 570 g/mol. The highest BCUT2D eigenvalue weighted by Crippen LogP contribution is 2.30. The average Bonchev–Trinajstić information content (AvgIpc) is 3.31. The Morgan fingerprint density at radius 2 is 1.70 bits per heavy atom. The van der Waals surface area contributed by atoms with Gasteiger partial charge in [-0.25, -0.2) is 22.4 Å². The predicted octanol–water partition coefficient (Wildman–Crippen LogP) is 5.61. The quantitative estimate of drug-likeness (QED) is 0.178. The van der Waals surface area contributed by atoms with E-state index in [2.05, 4.69) is 15.0 Å². The lowest BCUT2D eigenvalue weighted by molar-refractivity contribution is -0.141. The van der Waals surface area contributed by atoms with Crippen LogP contribution in [0.15, 0.2) is 84.1 Å². The highest BCUT2D eigenvalue weighted by Gasteiger charge is 2.32. The lowest BCUT2D eigenvalue weighted by Crippen LogP contribution is -2.12. The Labute approximate surface area is 227 Å². The number of aromatic nitrogens is 4. The summed E-state index contributed by atoms with van der Waals surface area (Å²) in [5, 5.41) is 0.483. The first-order valence-corrected chi connectivity index (χ1v) is 13.5. The van der Waals surface area contributed by atoms with Gasteiger partial charge < -0.3 is 4.74 Å². The molecule has 0 aliphatic rings. The lowest BCUT2D eigenvalue weighted by atomic mass is 10.0. The van der Waals surface area contributed by atoms with E-state index < -0.39 is 27.8 Å². The van der Waals surface area contributed by atoms with Gasteiger partial charge in [-0.05, 0) is 54.3 Å². The molecular formula is C28H22F4N4O3S. The van der Waals surface area contributed by atoms with E-state index in [1.807, 2.05) is 0 Å². The Hall–Kier alpha value is -4.32. The number of ether oxygens (including phenoxy) is 1. The number of aryl methyl sites for hydroxylation is 2. The Morgan fingerprint density at radius 1 is 0.925 bits per heavy atom. The molecule has 0 fully saturated rings. The lowest BCUT2D eigenvalue weighted by Gasteiger charge is -2.08. The van der Waals surface area contributed by atoms with Gasteiger partial charge in [-0.3, -0.25) is 4.98 Å². The number of methoxy groups -OCH3 is 1. The van der Waals surface area contributed by atoms with Crippen LogP contribution < -0.4 is 4.74 Å². The Balaban J connectivity index is 1.41. The van der Waals surface area contributed by atoms with Crippen molar-refractivity contribution in [2.75, 3.05) is 7.11 Å². The molecule has 0 radical (unpaired) electrons. The van der Waals surface area contributed by atoms with E-state index in [4.69, 9.17) is 4.74 Å². The maximum atomic E-state index is 15.1. The van der Waals surface area contributed by atoms with Gasteiger partial charge >= 0.3 is 6.18 Å². The van der Waals surface area contributed by atoms with Crippen LogP contribution in [0.25, 0.3) is 11.0 Å². The van der Waals surface area contributed by atoms with E-state index in [1.165, 1.54) is 37.7 Å². The maximum absolute atomic E-state index is 15.1. The van der Waals surface area contributed by atoms with Gasteiger partial charge in [-0.2, -0.15) is 17.6 Å². The van der Waals surface area contributed by atoms with E-state index in [9.17, 15) is 21.6 Å². The fourth-order valence-corrected chi connectivity index (χ4v) is 5.62. The number of halogens is 4. The van der Waals surface area contributed by atoms with Crippen molar-refractivity contribution in [2.45, 2.75) is 30.3 Å². The summed E-state index contributed by atoms with van der Waals surface area (Å²) in [4.78, 5) is 11.8. The average molecular weight is 571 g/mol. The molecule has 0 aliphatic heterocycles. The van der Waals surface area contributed by atoms with Crippen LogP contribution in [-0.2, 0) is 35.5 Å². The molecule has 0 aliphatic carbocycles. The van der Waals surface area contributed by atoms with Crippen LogP contribution in [0.3, 0.4) is 0 Å². The van der Waals surface area contributed by atoms with E-state index >= 15 is 4.39 Å². The molecule has 0 saturated heterocycles. The van der Waals surface area contributed by atoms with Crippen LogP contribution in [-0.4, -0.2) is 34.5 Å². The second-order valence-corrected chi connectivity index (χ2v) is 10.8. The van der Waals surface area contributed by atoms with E-state index in [-0.39, 0.29) is 22.5 Å². The van der Waals surface area contributed by atoms with Crippen LogP contribution in [0.2, 0.25) is 0 Å². The number of nitrogens with zero attached hydrogens (tertiary/aromatic N) is 4. The molecule has 7 nitrogen and oxygen atoms in total. The zero-order valence-corrected chi connectivity index (χ0v) is 21.9. The molecule has 1 aromatic carbocycles. The van der Waals surface area contributed by atoms with Gasteiger partial charge in [0.05, 0.1) is 18.2 Å². The number of rotatable bonds is 8. The zero-order valence-electron chi connectivity index (χ0n) is 21.1. The number of hydrogen-bond donors (Lipinski definition) is 0. The summed E-state index contributed by atoms with van der Waals surface area (Å²) in [5.74, 6) is -0.318. The summed E-state index contributed by atoms with van der Waals surface area (Å²) < 4.78 is 86.3. The number of alkyl halides is 3. The van der Waals surface area contributed by atoms with E-state index in [0.29, 0.717) is 40.8 Å². The van der Waals surface area contributed by atoms with Crippen LogP contribution in [0.5, 0.6) is 5.75 Å². The summed E-state index contributed by atoms with van der Waals surface area (Å²) >= 11 is 0. The molecule has 0 atom stereocenters. The molecule has 0 amide bonds. The number of fused-ring (bicyclic) bond motifs is 1. The first-order chi connectivity index (χ1) is 19.1. The predicted molar refractivity (Wildman–Crippen MR) is 139 cm³/mol. The summed E-state index contributed by atoms with van der Waals surface area (Å²) in [6.45, 7) is 0. The van der Waals surface area contributed by atoms with Crippen molar-refractivity contribution in [2.24, 2.45) is 0 Å². The van der Waals surface area contributed by atoms with Crippen molar-refractivity contribution in [3.63, 3.8) is 0 Å². The van der Waals surface area contributed by atoms with Gasteiger partial charge in [-0.1, -0.05) is 30.3 Å². The maximum Gasteiger partial charge on any atom is 0.433 e. The smallest absolute Gasteiger partial charge is 0.433 e. The molecule has 5 rings (SSSR count). The van der Waals surface area contributed by atoms with Crippen molar-refractivity contribution in [1.29, 1.82) is 0 Å². The molecule has 12 heteroatoms. The molecule has 4 heterocycles. The van der Waals surface area contributed by atoms with Gasteiger partial charge in [-0.15, -0.1) is 0 Å². The van der Waals surface area contributed by atoms with Gasteiger partial charge in [0, 0.05) is 35.5 Å². The third-order valence-electron chi connectivity index (χ3n) is 6.35. The van der Waals surface area contributed by atoms with Gasteiger partial charge in [0.1, 0.15) is 11.4 Å². The van der Waals surface area contributed by atoms with Crippen LogP contribution in [0, 0.1) is 5.95 Å². The molecule has 4 aromatic heterocycles. The molecule has 0 saturated carbocycles. The Bertz CT molecular complexity index is 1770. The van der Waals surface area contributed by atoms with Crippen molar-refractivity contribution < 1.29 is 30.7 Å². The van der Waals surface area contributed by atoms with Crippen molar-refractivity contribution in [1.82, 2.24) is 18.9 Å². The van der Waals surface area contributed by atoms with E-state index in [1.54, 1.807) is 36.4 Å². The van der Waals surface area contributed by atoms with Crippen LogP contribution in [0.1, 0.15) is 28.1 Å². The molecule has 0 unspecified atom stereocenters. The molecule has 40 heavy (non-hydrogen) atoms. The molecular weight excluding hydrogens is 548 g/mol. The molecule has 0 bridgehead atoms. The van der Waals surface area contributed by atoms with Gasteiger partial charge in [0.15, 0.2) is 5.65 Å². The Kier molecular flexibility index (Phi) is 7.28. The first-order valence-electron chi connectivity index (χ1n) is 12.1. The SMILES string of the molecule is COc1cnc2c(c1)c(Cc1ccc(CCc3ccc(C(F)(F)F)nc3)nc1F)cn2S(=O)(=O)c1ccccc1. The van der Waals surface area contributed by atoms with Crippen LogP contribution in [0.4, 0.5) is 17.6 Å². The minimum atomic E-state index is -4.52. The standard InChI is InChI=1S/C28H22F4N4O3S/c1-39-22-14-24-20(17-36(27(24)34-16-22)40(37,38)23-5-3-2-4-6-23)13-19-9-11-21(35-26(19)29)10-7-18-8-12-25(33-15-18)28(30,31)32/h2-6,8-9,11-12,14-17H,7,10,13H2,1H3. The molecule has 5 aromatic rings. The summed E-state index contributed by atoms with van der Waals surface area (Å²) in [6, 6.07) is 15.0. The summed E-state index contributed by atoms with van der Waals surface area (Å²) in [7, 11) is -2.52. The van der Waals surface area contributed by atoms with Gasteiger partial charge in [0.2, 0.25) is 5.95 Å². The minimum absolute atomic E-state index is 0.0323. The molecule has 0 N–H and O–H groups in total. The minimum Gasteiger partial charge on any atom is -0.495 e. The van der Waals surface area contributed by atoms with E-state index in [0.717, 1.165) is 16.2 Å². The fourth-order valence-electron chi connectivity index (χ4n) is 4.25. The largest absolute Gasteiger partial charge is 0.495 e. The topological polar surface area (TPSA) is 87.0 Å². The highest BCUT2D eigenvalue weighted by molar-refractivity contribution is 7.90. The highest BCUT2D eigenvalue weighted by atomic mass is 32.2.